The normalized spacial score (nSPS) is 13.8. The van der Waals surface area contributed by atoms with Crippen LogP contribution in [0.25, 0.3) is 6.08 Å². The highest BCUT2D eigenvalue weighted by atomic mass is 35.5. The molecule has 0 aliphatic carbocycles. The summed E-state index contributed by atoms with van der Waals surface area (Å²) in [7, 11) is -3.50. The minimum absolute atomic E-state index is 0.186. The fraction of sp³-hybridized carbons (Fsp3) is 0.0667. The van der Waals surface area contributed by atoms with Crippen LogP contribution in [-0.2, 0) is 9.84 Å². The summed E-state index contributed by atoms with van der Waals surface area (Å²) < 4.78 is 34.8. The summed E-state index contributed by atoms with van der Waals surface area (Å²) in [4.78, 5) is 0.198. The Hall–Kier alpha value is -1.98. The molecule has 21 heavy (non-hydrogen) atoms. The molecule has 0 spiro atoms. The highest BCUT2D eigenvalue weighted by Crippen LogP contribution is 2.33. The number of fused-ring (bicyclic) bond motifs is 1. The maximum absolute atomic E-state index is 12.2. The molecule has 1 aliphatic heterocycles. The minimum Gasteiger partial charge on any atom is -0.454 e. The Kier molecular flexibility index (Phi) is 3.61. The lowest BCUT2D eigenvalue weighted by atomic mass is 10.2. The first-order valence-electron chi connectivity index (χ1n) is 6.13. The maximum Gasteiger partial charge on any atom is 0.231 e. The van der Waals surface area contributed by atoms with E-state index in [1.807, 2.05) is 0 Å². The molecule has 4 nitrogen and oxygen atoms in total. The van der Waals surface area contributed by atoms with Crippen LogP contribution in [0.3, 0.4) is 0 Å². The summed E-state index contributed by atoms with van der Waals surface area (Å²) in [6, 6.07) is 11.3. The molecule has 3 rings (SSSR count). The Morgan fingerprint density at radius 1 is 1.00 bits per heavy atom. The Balaban J connectivity index is 1.86. The fourth-order valence-electron chi connectivity index (χ4n) is 1.89. The van der Waals surface area contributed by atoms with Crippen molar-refractivity contribution in [3.63, 3.8) is 0 Å². The van der Waals surface area contributed by atoms with Crippen molar-refractivity contribution in [3.05, 3.63) is 58.5 Å². The van der Waals surface area contributed by atoms with E-state index in [0.717, 1.165) is 11.0 Å². The van der Waals surface area contributed by atoms with Gasteiger partial charge in [-0.2, -0.15) is 0 Å². The van der Waals surface area contributed by atoms with Gasteiger partial charge in [-0.1, -0.05) is 17.7 Å². The summed E-state index contributed by atoms with van der Waals surface area (Å²) in [5, 5.41) is 1.65. The molecule has 0 atom stereocenters. The van der Waals surface area contributed by atoms with Crippen molar-refractivity contribution in [1.82, 2.24) is 0 Å². The van der Waals surface area contributed by atoms with Crippen LogP contribution in [0.4, 0.5) is 0 Å². The Morgan fingerprint density at radius 2 is 1.71 bits per heavy atom. The molecule has 1 aliphatic rings. The van der Waals surface area contributed by atoms with Crippen molar-refractivity contribution in [2.75, 3.05) is 6.79 Å². The van der Waals surface area contributed by atoms with Crippen LogP contribution in [0.1, 0.15) is 5.56 Å². The molecule has 0 radical (unpaired) electrons. The van der Waals surface area contributed by atoms with Crippen molar-refractivity contribution in [2.24, 2.45) is 0 Å². The molecule has 0 unspecified atom stereocenters. The number of sulfone groups is 1. The first-order chi connectivity index (χ1) is 10.0. The number of hydrogen-bond donors (Lipinski definition) is 0. The molecule has 2 aromatic rings. The highest BCUT2D eigenvalue weighted by Gasteiger charge is 2.13. The van der Waals surface area contributed by atoms with Gasteiger partial charge in [-0.15, -0.1) is 0 Å². The molecule has 0 amide bonds. The molecular formula is C15H11ClO4S. The van der Waals surface area contributed by atoms with E-state index >= 15 is 0 Å². The van der Waals surface area contributed by atoms with Gasteiger partial charge in [0.25, 0.3) is 0 Å². The van der Waals surface area contributed by atoms with E-state index in [9.17, 15) is 8.42 Å². The number of hydrogen-bond acceptors (Lipinski definition) is 4. The van der Waals surface area contributed by atoms with Crippen LogP contribution in [-0.4, -0.2) is 15.2 Å². The van der Waals surface area contributed by atoms with Crippen molar-refractivity contribution in [1.29, 1.82) is 0 Å². The van der Waals surface area contributed by atoms with Gasteiger partial charge in [0.15, 0.2) is 21.3 Å². The van der Waals surface area contributed by atoms with Crippen LogP contribution in [0, 0.1) is 0 Å². The van der Waals surface area contributed by atoms with Crippen molar-refractivity contribution >= 4 is 27.5 Å². The van der Waals surface area contributed by atoms with Gasteiger partial charge in [-0.3, -0.25) is 0 Å². The molecule has 2 aromatic carbocycles. The second-order valence-electron chi connectivity index (χ2n) is 4.41. The van der Waals surface area contributed by atoms with Crippen molar-refractivity contribution in [3.8, 4) is 11.5 Å². The van der Waals surface area contributed by atoms with Gasteiger partial charge in [-0.05, 0) is 48.0 Å². The Bertz CT molecular complexity index is 795. The average molecular weight is 323 g/mol. The van der Waals surface area contributed by atoms with Gasteiger partial charge in [0.05, 0.1) is 4.90 Å². The van der Waals surface area contributed by atoms with E-state index in [0.29, 0.717) is 16.5 Å². The lowest BCUT2D eigenvalue weighted by molar-refractivity contribution is 0.174. The molecule has 1 heterocycles. The van der Waals surface area contributed by atoms with Gasteiger partial charge in [0.2, 0.25) is 6.79 Å². The molecule has 0 saturated carbocycles. The Labute approximate surface area is 127 Å². The van der Waals surface area contributed by atoms with Crippen LogP contribution >= 0.6 is 11.6 Å². The third-order valence-corrected chi connectivity index (χ3v) is 4.65. The van der Waals surface area contributed by atoms with Gasteiger partial charge >= 0.3 is 0 Å². The van der Waals surface area contributed by atoms with Gasteiger partial charge in [-0.25, -0.2) is 8.42 Å². The van der Waals surface area contributed by atoms with Gasteiger partial charge in [0, 0.05) is 10.4 Å². The van der Waals surface area contributed by atoms with Crippen molar-refractivity contribution in [2.45, 2.75) is 4.90 Å². The standard InChI is InChI=1S/C15H11ClO4S/c16-12-2-4-13(5-3-12)21(17,18)8-7-11-1-6-14-15(9-11)20-10-19-14/h1-9H,10H2/b8-7+. The monoisotopic (exact) mass is 322 g/mol. The Morgan fingerprint density at radius 3 is 2.48 bits per heavy atom. The number of ether oxygens (including phenoxy) is 2. The van der Waals surface area contributed by atoms with E-state index in [-0.39, 0.29) is 11.7 Å². The zero-order valence-corrected chi connectivity index (χ0v) is 12.4. The lowest BCUT2D eigenvalue weighted by Crippen LogP contribution is -1.95. The molecule has 6 heteroatoms. The molecule has 0 fully saturated rings. The van der Waals surface area contributed by atoms with Crippen molar-refractivity contribution < 1.29 is 17.9 Å². The van der Waals surface area contributed by atoms with E-state index in [2.05, 4.69) is 0 Å². The van der Waals surface area contributed by atoms with Gasteiger partial charge < -0.3 is 9.47 Å². The first kappa shape index (κ1) is 14.0. The second kappa shape index (κ2) is 5.42. The highest BCUT2D eigenvalue weighted by molar-refractivity contribution is 7.94. The van der Waals surface area contributed by atoms with E-state index in [1.54, 1.807) is 30.3 Å². The summed E-state index contributed by atoms with van der Waals surface area (Å²) in [6.45, 7) is 0.186. The maximum atomic E-state index is 12.2. The SMILES string of the molecule is O=S(=O)(/C=C/c1ccc2c(c1)OCO2)c1ccc(Cl)cc1. The molecule has 0 saturated heterocycles. The fourth-order valence-corrected chi connectivity index (χ4v) is 3.02. The summed E-state index contributed by atoms with van der Waals surface area (Å²) in [5.74, 6) is 1.27. The largest absolute Gasteiger partial charge is 0.454 e. The lowest BCUT2D eigenvalue weighted by Gasteiger charge is -2.00. The number of rotatable bonds is 3. The van der Waals surface area contributed by atoms with Crippen LogP contribution < -0.4 is 9.47 Å². The third-order valence-electron chi connectivity index (χ3n) is 2.98. The van der Waals surface area contributed by atoms with Gasteiger partial charge in [0.1, 0.15) is 0 Å². The zero-order chi connectivity index (χ0) is 14.9. The zero-order valence-electron chi connectivity index (χ0n) is 10.8. The molecule has 0 aromatic heterocycles. The van der Waals surface area contributed by atoms with E-state index in [4.69, 9.17) is 21.1 Å². The van der Waals surface area contributed by atoms with E-state index < -0.39 is 9.84 Å². The van der Waals surface area contributed by atoms with Crippen LogP contribution in [0.5, 0.6) is 11.5 Å². The summed E-state index contributed by atoms with van der Waals surface area (Å²) in [5.41, 5.74) is 0.719. The summed E-state index contributed by atoms with van der Waals surface area (Å²) >= 11 is 5.75. The number of benzene rings is 2. The molecule has 0 bridgehead atoms. The van der Waals surface area contributed by atoms with E-state index in [1.165, 1.54) is 18.2 Å². The quantitative estimate of drug-likeness (QED) is 0.867. The predicted molar refractivity (Wildman–Crippen MR) is 80.2 cm³/mol. The predicted octanol–water partition coefficient (Wildman–Crippen LogP) is 3.51. The minimum atomic E-state index is -3.50. The second-order valence-corrected chi connectivity index (χ2v) is 6.68. The first-order valence-corrected chi connectivity index (χ1v) is 8.05. The number of halogens is 1. The smallest absolute Gasteiger partial charge is 0.231 e. The molecule has 0 N–H and O–H groups in total. The average Bonchev–Trinajstić information content (AvgIpc) is 2.93. The molecule has 108 valence electrons. The van der Waals surface area contributed by atoms with Crippen LogP contribution in [0.2, 0.25) is 5.02 Å². The van der Waals surface area contributed by atoms with Crippen LogP contribution in [0.15, 0.2) is 52.8 Å². The molecular weight excluding hydrogens is 312 g/mol. The summed E-state index contributed by atoms with van der Waals surface area (Å²) in [6.07, 6.45) is 1.52. The third kappa shape index (κ3) is 3.04. The topological polar surface area (TPSA) is 52.6 Å².